The minimum atomic E-state index is -0.991. The lowest BCUT2D eigenvalue weighted by Crippen LogP contribution is -2.43. The van der Waals surface area contributed by atoms with Crippen LogP contribution in [-0.2, 0) is 14.3 Å². The number of nitrogens with one attached hydrogen (secondary N) is 1. The summed E-state index contributed by atoms with van der Waals surface area (Å²) in [7, 11) is 1.52. The number of carbonyl (C=O) groups is 2. The SMILES string of the molecule is CNC(=O)C1(C)C(=O)OCC1C. The van der Waals surface area contributed by atoms with E-state index in [1.807, 2.05) is 6.92 Å². The molecule has 0 radical (unpaired) electrons. The molecule has 1 aliphatic heterocycles. The summed E-state index contributed by atoms with van der Waals surface area (Å²) in [6.07, 6.45) is 0. The van der Waals surface area contributed by atoms with E-state index in [1.165, 1.54) is 7.05 Å². The topological polar surface area (TPSA) is 55.4 Å². The van der Waals surface area contributed by atoms with E-state index in [2.05, 4.69) is 5.32 Å². The zero-order chi connectivity index (χ0) is 9.35. The largest absolute Gasteiger partial charge is 0.465 e. The highest BCUT2D eigenvalue weighted by atomic mass is 16.5. The van der Waals surface area contributed by atoms with Crippen LogP contribution in [0.4, 0.5) is 0 Å². The molecule has 0 aromatic heterocycles. The molecule has 1 N–H and O–H groups in total. The summed E-state index contributed by atoms with van der Waals surface area (Å²) >= 11 is 0. The third kappa shape index (κ3) is 0.983. The highest BCUT2D eigenvalue weighted by molar-refractivity contribution is 6.03. The van der Waals surface area contributed by atoms with Gasteiger partial charge in [-0.3, -0.25) is 9.59 Å². The van der Waals surface area contributed by atoms with E-state index in [4.69, 9.17) is 4.74 Å². The van der Waals surface area contributed by atoms with Gasteiger partial charge in [0, 0.05) is 13.0 Å². The molecule has 0 aromatic carbocycles. The summed E-state index contributed by atoms with van der Waals surface area (Å²) in [6, 6.07) is 0. The number of cyclic esters (lactones) is 1. The van der Waals surface area contributed by atoms with Gasteiger partial charge in [0.1, 0.15) is 5.41 Å². The van der Waals surface area contributed by atoms with Gasteiger partial charge in [0.2, 0.25) is 5.91 Å². The van der Waals surface area contributed by atoms with Crippen molar-refractivity contribution in [3.05, 3.63) is 0 Å². The van der Waals surface area contributed by atoms with Crippen LogP contribution in [0.3, 0.4) is 0 Å². The highest BCUT2D eigenvalue weighted by Crippen LogP contribution is 2.34. The van der Waals surface area contributed by atoms with Gasteiger partial charge < -0.3 is 10.1 Å². The van der Waals surface area contributed by atoms with Crippen LogP contribution >= 0.6 is 0 Å². The van der Waals surface area contributed by atoms with Crippen LogP contribution in [0.5, 0.6) is 0 Å². The number of esters is 1. The Morgan fingerprint density at radius 2 is 2.33 bits per heavy atom. The van der Waals surface area contributed by atoms with E-state index in [0.29, 0.717) is 6.61 Å². The van der Waals surface area contributed by atoms with Crippen LogP contribution < -0.4 is 5.32 Å². The molecule has 0 bridgehead atoms. The molecule has 1 heterocycles. The first kappa shape index (κ1) is 9.03. The Bertz CT molecular complexity index is 226. The first-order valence-electron chi connectivity index (χ1n) is 3.93. The molecule has 0 aliphatic carbocycles. The standard InChI is InChI=1S/C8H13NO3/c1-5-4-12-7(11)8(5,2)6(10)9-3/h5H,4H2,1-3H3,(H,9,10). The predicted octanol–water partition coefficient (Wildman–Crippen LogP) is -0.0684. The van der Waals surface area contributed by atoms with Crippen molar-refractivity contribution in [1.82, 2.24) is 5.32 Å². The van der Waals surface area contributed by atoms with Gasteiger partial charge in [-0.2, -0.15) is 0 Å². The number of hydrogen-bond donors (Lipinski definition) is 1. The summed E-state index contributed by atoms with van der Waals surface area (Å²) in [5.74, 6) is -0.739. The van der Waals surface area contributed by atoms with Crippen molar-refractivity contribution in [3.63, 3.8) is 0 Å². The maximum absolute atomic E-state index is 11.3. The summed E-state index contributed by atoms with van der Waals surface area (Å²) in [5, 5.41) is 2.47. The third-order valence-corrected chi connectivity index (χ3v) is 2.57. The molecule has 0 aromatic rings. The first-order chi connectivity index (χ1) is 5.53. The van der Waals surface area contributed by atoms with Crippen LogP contribution in [0.1, 0.15) is 13.8 Å². The Balaban J connectivity index is 2.94. The molecule has 2 atom stereocenters. The lowest BCUT2D eigenvalue weighted by molar-refractivity contribution is -0.151. The molecule has 12 heavy (non-hydrogen) atoms. The van der Waals surface area contributed by atoms with Crippen LogP contribution in [0.25, 0.3) is 0 Å². The fraction of sp³-hybridized carbons (Fsp3) is 0.750. The molecule has 1 fully saturated rings. The first-order valence-corrected chi connectivity index (χ1v) is 3.93. The Labute approximate surface area is 71.3 Å². The molecule has 1 saturated heterocycles. The van der Waals surface area contributed by atoms with Gasteiger partial charge >= 0.3 is 5.97 Å². The van der Waals surface area contributed by atoms with E-state index in [0.717, 1.165) is 0 Å². The molecule has 4 heteroatoms. The number of carbonyl (C=O) groups excluding carboxylic acids is 2. The van der Waals surface area contributed by atoms with Gasteiger partial charge in [0.25, 0.3) is 0 Å². The minimum Gasteiger partial charge on any atom is -0.465 e. The molecular formula is C8H13NO3. The van der Waals surface area contributed by atoms with Gasteiger partial charge in [0.15, 0.2) is 0 Å². The van der Waals surface area contributed by atoms with Crippen LogP contribution in [0.15, 0.2) is 0 Å². The van der Waals surface area contributed by atoms with Gasteiger partial charge in [0.05, 0.1) is 6.61 Å². The van der Waals surface area contributed by atoms with Gasteiger partial charge in [-0.25, -0.2) is 0 Å². The molecule has 4 nitrogen and oxygen atoms in total. The maximum Gasteiger partial charge on any atom is 0.321 e. The van der Waals surface area contributed by atoms with Crippen molar-refractivity contribution in [2.24, 2.45) is 11.3 Å². The molecule has 1 aliphatic rings. The molecule has 0 spiro atoms. The van der Waals surface area contributed by atoms with Crippen molar-refractivity contribution in [3.8, 4) is 0 Å². The summed E-state index contributed by atoms with van der Waals surface area (Å²) in [4.78, 5) is 22.6. The zero-order valence-electron chi connectivity index (χ0n) is 7.51. The normalized spacial score (nSPS) is 34.6. The molecule has 1 amide bonds. The van der Waals surface area contributed by atoms with Crippen molar-refractivity contribution in [1.29, 1.82) is 0 Å². The van der Waals surface area contributed by atoms with Crippen molar-refractivity contribution in [2.75, 3.05) is 13.7 Å². The van der Waals surface area contributed by atoms with Gasteiger partial charge in [-0.05, 0) is 6.92 Å². The second-order valence-corrected chi connectivity index (χ2v) is 3.28. The summed E-state index contributed by atoms with van der Waals surface area (Å²) in [6.45, 7) is 3.79. The second kappa shape index (κ2) is 2.77. The molecule has 68 valence electrons. The quantitative estimate of drug-likeness (QED) is 0.444. The van der Waals surface area contributed by atoms with Crippen LogP contribution in [-0.4, -0.2) is 25.5 Å². The minimum absolute atomic E-state index is 0.0510. The number of amides is 1. The highest BCUT2D eigenvalue weighted by Gasteiger charge is 2.51. The van der Waals surface area contributed by atoms with E-state index >= 15 is 0 Å². The Hall–Kier alpha value is -1.06. The predicted molar refractivity (Wildman–Crippen MR) is 42.3 cm³/mol. The second-order valence-electron chi connectivity index (χ2n) is 3.28. The van der Waals surface area contributed by atoms with E-state index < -0.39 is 11.4 Å². The molecule has 0 saturated carbocycles. The maximum atomic E-state index is 11.3. The van der Waals surface area contributed by atoms with Crippen LogP contribution in [0.2, 0.25) is 0 Å². The average Bonchev–Trinajstić information content (AvgIpc) is 2.32. The van der Waals surface area contributed by atoms with Gasteiger partial charge in [-0.1, -0.05) is 6.92 Å². The summed E-state index contributed by atoms with van der Waals surface area (Å²) in [5.41, 5.74) is -0.991. The fourth-order valence-corrected chi connectivity index (χ4v) is 1.29. The van der Waals surface area contributed by atoms with E-state index in [9.17, 15) is 9.59 Å². The molecule has 2 unspecified atom stereocenters. The fourth-order valence-electron chi connectivity index (χ4n) is 1.29. The lowest BCUT2D eigenvalue weighted by Gasteiger charge is -2.21. The Morgan fingerprint density at radius 1 is 1.75 bits per heavy atom. The van der Waals surface area contributed by atoms with Crippen molar-refractivity contribution >= 4 is 11.9 Å². The zero-order valence-corrected chi connectivity index (χ0v) is 7.51. The third-order valence-electron chi connectivity index (χ3n) is 2.57. The lowest BCUT2D eigenvalue weighted by atomic mass is 9.80. The van der Waals surface area contributed by atoms with E-state index in [-0.39, 0.29) is 11.8 Å². The van der Waals surface area contributed by atoms with E-state index in [1.54, 1.807) is 6.92 Å². The molecule has 1 rings (SSSR count). The molecular weight excluding hydrogens is 158 g/mol. The Kier molecular flexibility index (Phi) is 2.08. The Morgan fingerprint density at radius 3 is 2.67 bits per heavy atom. The van der Waals surface area contributed by atoms with Crippen molar-refractivity contribution < 1.29 is 14.3 Å². The van der Waals surface area contributed by atoms with Crippen molar-refractivity contribution in [2.45, 2.75) is 13.8 Å². The number of ether oxygens (including phenoxy) is 1. The van der Waals surface area contributed by atoms with Gasteiger partial charge in [-0.15, -0.1) is 0 Å². The number of rotatable bonds is 1. The monoisotopic (exact) mass is 171 g/mol. The van der Waals surface area contributed by atoms with Crippen LogP contribution in [0, 0.1) is 11.3 Å². The summed E-state index contributed by atoms with van der Waals surface area (Å²) < 4.78 is 4.80. The smallest absolute Gasteiger partial charge is 0.321 e. The number of hydrogen-bond acceptors (Lipinski definition) is 3. The average molecular weight is 171 g/mol.